The number of hydrogen-bond acceptors (Lipinski definition) is 3. The van der Waals surface area contributed by atoms with Gasteiger partial charge in [0.25, 0.3) is 0 Å². The van der Waals surface area contributed by atoms with E-state index in [0.717, 1.165) is 0 Å². The number of alkyl halides is 1. The average Bonchev–Trinajstić information content (AvgIpc) is 2.27. The summed E-state index contributed by atoms with van der Waals surface area (Å²) >= 11 is 11.2. The lowest BCUT2D eigenvalue weighted by Crippen LogP contribution is -2.20. The summed E-state index contributed by atoms with van der Waals surface area (Å²) in [6.07, 6.45) is 0. The van der Waals surface area contributed by atoms with Crippen molar-refractivity contribution in [3.05, 3.63) is 28.8 Å². The number of benzene rings is 1. The highest BCUT2D eigenvalue weighted by molar-refractivity contribution is 7.92. The van der Waals surface area contributed by atoms with Crippen molar-refractivity contribution in [3.63, 3.8) is 0 Å². The van der Waals surface area contributed by atoms with Crippen molar-refractivity contribution in [1.82, 2.24) is 0 Å². The number of halogens is 2. The van der Waals surface area contributed by atoms with Crippen molar-refractivity contribution >= 4 is 33.0 Å². The molecule has 0 N–H and O–H groups in total. The normalized spacial score (nSPS) is 13.1. The van der Waals surface area contributed by atoms with E-state index in [0.29, 0.717) is 0 Å². The Kier molecular flexibility index (Phi) is 4.20. The Labute approximate surface area is 105 Å². The minimum Gasteiger partial charge on any atom is -0.223 e. The molecule has 0 heterocycles. The first kappa shape index (κ1) is 13.3. The fraction of sp³-hybridized carbons (Fsp3) is 0.300. The predicted molar refractivity (Wildman–Crippen MR) is 63.5 cm³/mol. The Hall–Kier alpha value is -0.760. The van der Waals surface area contributed by atoms with Gasteiger partial charge in [0.2, 0.25) is 0 Å². The maximum atomic E-state index is 12.0. The lowest BCUT2D eigenvalue weighted by molar-refractivity contribution is 0.587. The SMILES string of the molecule is CC(CCl)S(=O)(=O)c1cc(Cl)ccc1C#N. The van der Waals surface area contributed by atoms with Crippen LogP contribution >= 0.6 is 23.2 Å². The summed E-state index contributed by atoms with van der Waals surface area (Å²) in [6, 6.07) is 5.97. The van der Waals surface area contributed by atoms with Crippen molar-refractivity contribution < 1.29 is 8.42 Å². The molecular formula is C10H9Cl2NO2S. The molecule has 1 aromatic rings. The van der Waals surface area contributed by atoms with Crippen LogP contribution in [-0.2, 0) is 9.84 Å². The summed E-state index contributed by atoms with van der Waals surface area (Å²) < 4.78 is 24.0. The molecular weight excluding hydrogens is 269 g/mol. The van der Waals surface area contributed by atoms with Crippen molar-refractivity contribution in [2.45, 2.75) is 17.1 Å². The van der Waals surface area contributed by atoms with Gasteiger partial charge >= 0.3 is 0 Å². The summed E-state index contributed by atoms with van der Waals surface area (Å²) in [6.45, 7) is 1.49. The molecule has 0 saturated carbocycles. The number of sulfone groups is 1. The van der Waals surface area contributed by atoms with Crippen molar-refractivity contribution in [2.24, 2.45) is 0 Å². The molecule has 86 valence electrons. The van der Waals surface area contributed by atoms with Crippen LogP contribution in [0.3, 0.4) is 0 Å². The van der Waals surface area contributed by atoms with E-state index in [2.05, 4.69) is 0 Å². The molecule has 0 aliphatic carbocycles. The molecule has 1 atom stereocenters. The first-order valence-electron chi connectivity index (χ1n) is 4.43. The fourth-order valence-electron chi connectivity index (χ4n) is 1.12. The Morgan fingerprint density at radius 3 is 2.62 bits per heavy atom. The van der Waals surface area contributed by atoms with Gasteiger partial charge in [-0.05, 0) is 25.1 Å². The smallest absolute Gasteiger partial charge is 0.183 e. The third-order valence-electron chi connectivity index (χ3n) is 2.12. The summed E-state index contributed by atoms with van der Waals surface area (Å²) in [5.74, 6) is -0.0281. The lowest BCUT2D eigenvalue weighted by Gasteiger charge is -2.11. The average molecular weight is 278 g/mol. The van der Waals surface area contributed by atoms with Crippen molar-refractivity contribution in [3.8, 4) is 6.07 Å². The zero-order valence-corrected chi connectivity index (χ0v) is 10.8. The van der Waals surface area contributed by atoms with Gasteiger partial charge in [0.15, 0.2) is 9.84 Å². The molecule has 0 aliphatic rings. The monoisotopic (exact) mass is 277 g/mol. The molecule has 0 aliphatic heterocycles. The first-order chi connectivity index (χ1) is 7.43. The van der Waals surface area contributed by atoms with Crippen LogP contribution in [0.1, 0.15) is 12.5 Å². The van der Waals surface area contributed by atoms with Crippen LogP contribution in [0, 0.1) is 11.3 Å². The molecule has 0 spiro atoms. The van der Waals surface area contributed by atoms with Gasteiger partial charge in [0.05, 0.1) is 15.7 Å². The standard InChI is InChI=1S/C10H9Cl2NO2S/c1-7(5-11)16(14,15)10-4-9(12)3-2-8(10)6-13/h2-4,7H,5H2,1H3. The van der Waals surface area contributed by atoms with E-state index >= 15 is 0 Å². The molecule has 3 nitrogen and oxygen atoms in total. The zero-order valence-electron chi connectivity index (χ0n) is 8.44. The van der Waals surface area contributed by atoms with Crippen LogP contribution in [0.5, 0.6) is 0 Å². The largest absolute Gasteiger partial charge is 0.223 e. The van der Waals surface area contributed by atoms with Gasteiger partial charge in [-0.3, -0.25) is 0 Å². The van der Waals surface area contributed by atoms with Crippen LogP contribution < -0.4 is 0 Å². The number of nitriles is 1. The molecule has 0 amide bonds. The fourth-order valence-corrected chi connectivity index (χ4v) is 3.17. The third-order valence-corrected chi connectivity index (χ3v) is 5.18. The Bertz CT molecular complexity index is 534. The quantitative estimate of drug-likeness (QED) is 0.798. The summed E-state index contributed by atoms with van der Waals surface area (Å²) in [7, 11) is -3.59. The van der Waals surface area contributed by atoms with E-state index < -0.39 is 15.1 Å². The van der Waals surface area contributed by atoms with Gasteiger partial charge in [-0.25, -0.2) is 8.42 Å². The summed E-state index contributed by atoms with van der Waals surface area (Å²) in [5, 5.41) is 8.36. The minimum absolute atomic E-state index is 0.0281. The summed E-state index contributed by atoms with van der Waals surface area (Å²) in [5.41, 5.74) is 0.0846. The van der Waals surface area contributed by atoms with Crippen LogP contribution in [0.25, 0.3) is 0 Å². The highest BCUT2D eigenvalue weighted by Crippen LogP contribution is 2.24. The molecule has 1 aromatic carbocycles. The number of rotatable bonds is 3. The second kappa shape index (κ2) is 5.05. The molecule has 0 fully saturated rings. The van der Waals surface area contributed by atoms with Gasteiger partial charge in [0, 0.05) is 10.9 Å². The zero-order chi connectivity index (χ0) is 12.3. The molecule has 1 unspecified atom stereocenters. The van der Waals surface area contributed by atoms with Crippen LogP contribution in [0.2, 0.25) is 5.02 Å². The highest BCUT2D eigenvalue weighted by Gasteiger charge is 2.25. The predicted octanol–water partition coefficient (Wildman–Crippen LogP) is 2.61. The van der Waals surface area contributed by atoms with E-state index in [-0.39, 0.29) is 21.4 Å². The Morgan fingerprint density at radius 2 is 2.12 bits per heavy atom. The van der Waals surface area contributed by atoms with E-state index in [1.165, 1.54) is 25.1 Å². The molecule has 16 heavy (non-hydrogen) atoms. The number of nitrogens with zero attached hydrogens (tertiary/aromatic N) is 1. The highest BCUT2D eigenvalue weighted by atomic mass is 35.5. The Balaban J connectivity index is 3.44. The van der Waals surface area contributed by atoms with Crippen molar-refractivity contribution in [1.29, 1.82) is 5.26 Å². The third kappa shape index (κ3) is 2.49. The molecule has 6 heteroatoms. The molecule has 0 saturated heterocycles. The van der Waals surface area contributed by atoms with Gasteiger partial charge in [-0.1, -0.05) is 11.6 Å². The van der Waals surface area contributed by atoms with E-state index in [1.54, 1.807) is 0 Å². The second-order valence-corrected chi connectivity index (χ2v) is 6.34. The Morgan fingerprint density at radius 1 is 1.50 bits per heavy atom. The molecule has 0 radical (unpaired) electrons. The second-order valence-electron chi connectivity index (χ2n) is 3.26. The van der Waals surface area contributed by atoms with E-state index in [9.17, 15) is 8.42 Å². The van der Waals surface area contributed by atoms with E-state index in [4.69, 9.17) is 28.5 Å². The van der Waals surface area contributed by atoms with Gasteiger partial charge in [0.1, 0.15) is 6.07 Å². The molecule has 0 bridgehead atoms. The number of hydrogen-bond donors (Lipinski definition) is 0. The minimum atomic E-state index is -3.59. The lowest BCUT2D eigenvalue weighted by atomic mass is 10.2. The van der Waals surface area contributed by atoms with Crippen LogP contribution in [-0.4, -0.2) is 19.5 Å². The van der Waals surface area contributed by atoms with Gasteiger partial charge < -0.3 is 0 Å². The van der Waals surface area contributed by atoms with Gasteiger partial charge in [-0.2, -0.15) is 5.26 Å². The maximum Gasteiger partial charge on any atom is 0.183 e. The van der Waals surface area contributed by atoms with E-state index in [1.807, 2.05) is 6.07 Å². The van der Waals surface area contributed by atoms with Crippen molar-refractivity contribution in [2.75, 3.05) is 5.88 Å². The summed E-state index contributed by atoms with van der Waals surface area (Å²) in [4.78, 5) is -0.0596. The van der Waals surface area contributed by atoms with Crippen LogP contribution in [0.15, 0.2) is 23.1 Å². The molecule has 1 rings (SSSR count). The maximum absolute atomic E-state index is 12.0. The van der Waals surface area contributed by atoms with Crippen LogP contribution in [0.4, 0.5) is 0 Å². The molecule has 0 aromatic heterocycles. The first-order valence-corrected chi connectivity index (χ1v) is 6.89. The van der Waals surface area contributed by atoms with Gasteiger partial charge in [-0.15, -0.1) is 11.6 Å². The topological polar surface area (TPSA) is 57.9 Å².